The lowest BCUT2D eigenvalue weighted by Gasteiger charge is -2.34. The summed E-state index contributed by atoms with van der Waals surface area (Å²) in [6.45, 7) is 4.06. The van der Waals surface area contributed by atoms with Gasteiger partial charge in [-0.2, -0.15) is 0 Å². The van der Waals surface area contributed by atoms with Crippen LogP contribution in [0.5, 0.6) is 0 Å². The second-order valence-corrected chi connectivity index (χ2v) is 13.4. The Morgan fingerprint density at radius 3 is 2.00 bits per heavy atom. The summed E-state index contributed by atoms with van der Waals surface area (Å²) in [4.78, 5) is 29.8. The van der Waals surface area contributed by atoms with Crippen LogP contribution < -0.4 is 9.62 Å². The smallest absolute Gasteiger partial charge is 0.264 e. The maximum Gasteiger partial charge on any atom is 0.264 e. The largest absolute Gasteiger partial charge is 0.354 e. The van der Waals surface area contributed by atoms with Gasteiger partial charge in [-0.3, -0.25) is 13.9 Å². The van der Waals surface area contributed by atoms with E-state index in [4.69, 9.17) is 0 Å². The Morgan fingerprint density at radius 1 is 0.818 bits per heavy atom. The van der Waals surface area contributed by atoms with Gasteiger partial charge in [-0.25, -0.2) is 8.42 Å². The molecule has 0 aromatic heterocycles. The van der Waals surface area contributed by atoms with Crippen molar-refractivity contribution in [2.75, 3.05) is 17.4 Å². The molecule has 0 saturated carbocycles. The first-order chi connectivity index (χ1) is 21.2. The molecule has 0 heterocycles. The van der Waals surface area contributed by atoms with Crippen molar-refractivity contribution in [2.45, 2.75) is 50.6 Å². The lowest BCUT2D eigenvalue weighted by molar-refractivity contribution is -0.140. The highest BCUT2D eigenvalue weighted by Gasteiger charge is 2.34. The maximum absolute atomic E-state index is 14.4. The average molecular weight is 677 g/mol. The minimum Gasteiger partial charge on any atom is -0.354 e. The van der Waals surface area contributed by atoms with Gasteiger partial charge in [0.1, 0.15) is 12.6 Å². The van der Waals surface area contributed by atoms with Crippen molar-refractivity contribution >= 4 is 43.5 Å². The fraction of sp³-hybridized carbons (Fsp3) is 0.257. The normalized spacial score (nSPS) is 11.9. The number of carbonyl (C=O) groups excluding carboxylic acids is 2. The predicted molar refractivity (Wildman–Crippen MR) is 179 cm³/mol. The van der Waals surface area contributed by atoms with Crippen LogP contribution >= 0.6 is 15.9 Å². The maximum atomic E-state index is 14.4. The van der Waals surface area contributed by atoms with Gasteiger partial charge in [0.05, 0.1) is 10.6 Å². The van der Waals surface area contributed by atoms with Crippen LogP contribution in [-0.4, -0.2) is 44.3 Å². The zero-order chi connectivity index (χ0) is 31.5. The first kappa shape index (κ1) is 33.0. The van der Waals surface area contributed by atoms with Crippen molar-refractivity contribution in [2.24, 2.45) is 0 Å². The molecule has 4 aromatic rings. The summed E-state index contributed by atoms with van der Waals surface area (Å²) in [5.41, 5.74) is 2.98. The number of hydrogen-bond acceptors (Lipinski definition) is 4. The molecule has 7 nitrogen and oxygen atoms in total. The molecule has 230 valence electrons. The van der Waals surface area contributed by atoms with Gasteiger partial charge >= 0.3 is 0 Å². The molecule has 0 aliphatic carbocycles. The predicted octanol–water partition coefficient (Wildman–Crippen LogP) is 6.51. The number of carbonyl (C=O) groups is 2. The molecule has 44 heavy (non-hydrogen) atoms. The van der Waals surface area contributed by atoms with Crippen LogP contribution in [0.4, 0.5) is 5.69 Å². The van der Waals surface area contributed by atoms with Gasteiger partial charge in [0.15, 0.2) is 0 Å². The topological polar surface area (TPSA) is 86.8 Å². The van der Waals surface area contributed by atoms with Gasteiger partial charge in [0.2, 0.25) is 11.8 Å². The highest BCUT2D eigenvalue weighted by atomic mass is 79.9. The standard InChI is InChI=1S/C35H38BrN3O4S/c1-3-4-23-37-35(41)33(24-28-11-7-5-8-12-28)38(25-29-13-9-6-10-14-29)34(40)26-39(31-19-17-30(36)18-20-31)44(42,43)32-21-15-27(2)16-22-32/h5-22,33H,3-4,23-26H2,1-2H3,(H,37,41)/t33-/m0/s1. The number of aryl methyl sites for hydroxylation is 1. The molecular formula is C35H38BrN3O4S. The molecule has 0 aliphatic rings. The molecule has 4 aromatic carbocycles. The fourth-order valence-corrected chi connectivity index (χ4v) is 6.49. The van der Waals surface area contributed by atoms with Crippen molar-refractivity contribution in [1.29, 1.82) is 0 Å². The number of benzene rings is 4. The number of halogens is 1. The zero-order valence-electron chi connectivity index (χ0n) is 25.0. The summed E-state index contributed by atoms with van der Waals surface area (Å²) < 4.78 is 30.1. The van der Waals surface area contributed by atoms with Gasteiger partial charge in [0, 0.05) is 24.0 Å². The summed E-state index contributed by atoms with van der Waals surface area (Å²) in [7, 11) is -4.14. The number of anilines is 1. The third kappa shape index (κ3) is 8.80. The zero-order valence-corrected chi connectivity index (χ0v) is 27.4. The van der Waals surface area contributed by atoms with Crippen LogP contribution in [0.25, 0.3) is 0 Å². The summed E-state index contributed by atoms with van der Waals surface area (Å²) in [6.07, 6.45) is 2.00. The second kappa shape index (κ2) is 15.7. The van der Waals surface area contributed by atoms with Gasteiger partial charge in [-0.15, -0.1) is 0 Å². The van der Waals surface area contributed by atoms with Crippen molar-refractivity contribution in [3.63, 3.8) is 0 Å². The third-order valence-corrected chi connectivity index (χ3v) is 9.62. The Hall–Kier alpha value is -3.95. The molecule has 0 fully saturated rings. The van der Waals surface area contributed by atoms with E-state index in [-0.39, 0.29) is 23.8 Å². The lowest BCUT2D eigenvalue weighted by Crippen LogP contribution is -2.53. The van der Waals surface area contributed by atoms with E-state index in [0.717, 1.165) is 38.3 Å². The van der Waals surface area contributed by atoms with Gasteiger partial charge in [-0.05, 0) is 60.9 Å². The highest BCUT2D eigenvalue weighted by molar-refractivity contribution is 9.10. The number of hydrogen-bond donors (Lipinski definition) is 1. The Balaban J connectivity index is 1.77. The Morgan fingerprint density at radius 2 is 1.41 bits per heavy atom. The van der Waals surface area contributed by atoms with E-state index >= 15 is 0 Å². The van der Waals surface area contributed by atoms with E-state index in [1.807, 2.05) is 74.5 Å². The highest BCUT2D eigenvalue weighted by Crippen LogP contribution is 2.27. The molecule has 0 aliphatic heterocycles. The Labute approximate surface area is 269 Å². The Bertz CT molecular complexity index is 1610. The van der Waals surface area contributed by atoms with Crippen molar-refractivity contribution in [3.05, 3.63) is 130 Å². The number of nitrogens with zero attached hydrogens (tertiary/aromatic N) is 2. The van der Waals surface area contributed by atoms with Crippen LogP contribution in [-0.2, 0) is 32.6 Å². The molecule has 0 saturated heterocycles. The van der Waals surface area contributed by atoms with Gasteiger partial charge < -0.3 is 10.2 Å². The van der Waals surface area contributed by atoms with E-state index in [1.165, 1.54) is 4.90 Å². The van der Waals surface area contributed by atoms with E-state index in [1.54, 1.807) is 48.5 Å². The quantitative estimate of drug-likeness (QED) is 0.154. The number of amides is 2. The summed E-state index contributed by atoms with van der Waals surface area (Å²) in [6, 6.07) is 31.4. The van der Waals surface area contributed by atoms with Crippen molar-refractivity contribution in [1.82, 2.24) is 10.2 Å². The number of rotatable bonds is 14. The minimum absolute atomic E-state index is 0.0755. The summed E-state index contributed by atoms with van der Waals surface area (Å²) in [5, 5.41) is 3.01. The van der Waals surface area contributed by atoms with Gasteiger partial charge in [0.25, 0.3) is 10.0 Å². The van der Waals surface area contributed by atoms with Crippen LogP contribution in [0.3, 0.4) is 0 Å². The van der Waals surface area contributed by atoms with E-state index in [0.29, 0.717) is 12.2 Å². The second-order valence-electron chi connectivity index (χ2n) is 10.7. The molecule has 0 bridgehead atoms. The molecule has 4 rings (SSSR count). The van der Waals surface area contributed by atoms with Crippen molar-refractivity contribution in [3.8, 4) is 0 Å². The molecule has 1 N–H and O–H groups in total. The SMILES string of the molecule is CCCCNC(=O)[C@H](Cc1ccccc1)N(Cc1ccccc1)C(=O)CN(c1ccc(Br)cc1)S(=O)(=O)c1ccc(C)cc1. The molecule has 0 spiro atoms. The molecular weight excluding hydrogens is 638 g/mol. The van der Waals surface area contributed by atoms with E-state index < -0.39 is 28.5 Å². The molecule has 0 radical (unpaired) electrons. The van der Waals surface area contributed by atoms with E-state index in [2.05, 4.69) is 21.2 Å². The molecule has 9 heteroatoms. The molecule has 0 unspecified atom stereocenters. The fourth-order valence-electron chi connectivity index (χ4n) is 4.81. The van der Waals surface area contributed by atoms with Crippen LogP contribution in [0.1, 0.15) is 36.5 Å². The lowest BCUT2D eigenvalue weighted by atomic mass is 10.0. The number of sulfonamides is 1. The first-order valence-electron chi connectivity index (χ1n) is 14.7. The first-order valence-corrected chi connectivity index (χ1v) is 16.9. The van der Waals surface area contributed by atoms with Crippen LogP contribution in [0.2, 0.25) is 0 Å². The number of nitrogens with one attached hydrogen (secondary N) is 1. The summed E-state index contributed by atoms with van der Waals surface area (Å²) in [5.74, 6) is -0.762. The molecule has 1 atom stereocenters. The Kier molecular flexibility index (Phi) is 11.7. The minimum atomic E-state index is -4.14. The average Bonchev–Trinajstić information content (AvgIpc) is 3.03. The summed E-state index contributed by atoms with van der Waals surface area (Å²) >= 11 is 3.41. The van der Waals surface area contributed by atoms with Gasteiger partial charge in [-0.1, -0.05) is 108 Å². The number of unbranched alkanes of at least 4 members (excludes halogenated alkanes) is 1. The molecule has 2 amide bonds. The van der Waals surface area contributed by atoms with Crippen molar-refractivity contribution < 1.29 is 18.0 Å². The van der Waals surface area contributed by atoms with Crippen LogP contribution in [0, 0.1) is 6.92 Å². The van der Waals surface area contributed by atoms with Crippen LogP contribution in [0.15, 0.2) is 119 Å². The monoisotopic (exact) mass is 675 g/mol. The third-order valence-electron chi connectivity index (χ3n) is 7.30. The van der Waals surface area contributed by atoms with E-state index in [9.17, 15) is 18.0 Å².